The fourth-order valence-electron chi connectivity index (χ4n) is 1.47. The number of ether oxygens (including phenoxy) is 1. The van der Waals surface area contributed by atoms with Crippen molar-refractivity contribution in [1.29, 1.82) is 0 Å². The molecule has 0 radical (unpaired) electrons. The number of nitrogens with zero attached hydrogens (tertiary/aromatic N) is 2. The van der Waals surface area contributed by atoms with E-state index in [-0.39, 0.29) is 0 Å². The molecule has 102 valence electrons. The van der Waals surface area contributed by atoms with E-state index in [4.69, 9.17) is 16.3 Å². The fourth-order valence-corrected chi connectivity index (χ4v) is 2.26. The number of aromatic nitrogens is 2. The van der Waals surface area contributed by atoms with Crippen LogP contribution in [0.3, 0.4) is 0 Å². The highest BCUT2D eigenvalue weighted by Gasteiger charge is 2.05. The van der Waals surface area contributed by atoms with Crippen LogP contribution in [0.25, 0.3) is 0 Å². The lowest BCUT2D eigenvalue weighted by Crippen LogP contribution is -1.98. The Hall–Kier alpha value is -1.33. The van der Waals surface area contributed by atoms with Crippen molar-refractivity contribution in [3.63, 3.8) is 0 Å². The van der Waals surface area contributed by atoms with Gasteiger partial charge in [-0.15, -0.1) is 10.2 Å². The van der Waals surface area contributed by atoms with Crippen LogP contribution in [0.4, 0.5) is 5.13 Å². The van der Waals surface area contributed by atoms with E-state index < -0.39 is 0 Å². The van der Waals surface area contributed by atoms with Crippen LogP contribution < -0.4 is 10.1 Å². The highest BCUT2D eigenvalue weighted by molar-refractivity contribution is 7.15. The standard InChI is InChI=1S/C13H16ClN3OS/c1-3-6-15-13-17-16-12(19-13)8-18-10-4-5-11(14)9(2)7-10/h4-5,7H,3,6,8H2,1-2H3,(H,15,17). The van der Waals surface area contributed by atoms with Gasteiger partial charge in [0.05, 0.1) is 0 Å². The van der Waals surface area contributed by atoms with Crippen LogP contribution >= 0.6 is 22.9 Å². The summed E-state index contributed by atoms with van der Waals surface area (Å²) in [4.78, 5) is 0. The Labute approximate surface area is 121 Å². The SMILES string of the molecule is CCCNc1nnc(COc2ccc(Cl)c(C)c2)s1. The maximum Gasteiger partial charge on any atom is 0.205 e. The number of halogens is 1. The molecule has 0 saturated heterocycles. The summed E-state index contributed by atoms with van der Waals surface area (Å²) in [6, 6.07) is 5.60. The smallest absolute Gasteiger partial charge is 0.205 e. The van der Waals surface area contributed by atoms with Crippen LogP contribution in [0.1, 0.15) is 23.9 Å². The van der Waals surface area contributed by atoms with Gasteiger partial charge in [-0.3, -0.25) is 0 Å². The second-order valence-electron chi connectivity index (χ2n) is 4.13. The quantitative estimate of drug-likeness (QED) is 0.878. The molecule has 0 bridgehead atoms. The molecule has 2 rings (SSSR count). The first kappa shape index (κ1) is 14.1. The number of hydrogen-bond donors (Lipinski definition) is 1. The summed E-state index contributed by atoms with van der Waals surface area (Å²) in [5.74, 6) is 0.792. The van der Waals surface area contributed by atoms with E-state index in [1.165, 1.54) is 11.3 Å². The molecule has 0 saturated carbocycles. The van der Waals surface area contributed by atoms with Crippen LogP contribution in [0.5, 0.6) is 5.75 Å². The van der Waals surface area contributed by atoms with Crippen molar-refractivity contribution < 1.29 is 4.74 Å². The predicted octanol–water partition coefficient (Wildman–Crippen LogP) is 3.90. The van der Waals surface area contributed by atoms with Crippen molar-refractivity contribution in [1.82, 2.24) is 10.2 Å². The first-order chi connectivity index (χ1) is 9.19. The van der Waals surface area contributed by atoms with Crippen LogP contribution in [-0.2, 0) is 6.61 Å². The summed E-state index contributed by atoms with van der Waals surface area (Å²) in [7, 11) is 0. The number of anilines is 1. The van der Waals surface area contributed by atoms with Crippen LogP contribution in [-0.4, -0.2) is 16.7 Å². The highest BCUT2D eigenvalue weighted by atomic mass is 35.5. The Morgan fingerprint density at radius 1 is 1.37 bits per heavy atom. The van der Waals surface area contributed by atoms with Gasteiger partial charge in [0.2, 0.25) is 5.13 Å². The number of rotatable bonds is 6. The van der Waals surface area contributed by atoms with E-state index in [0.717, 1.165) is 39.4 Å². The lowest BCUT2D eigenvalue weighted by Gasteiger charge is -2.05. The molecule has 1 aromatic heterocycles. The molecule has 0 aliphatic heterocycles. The van der Waals surface area contributed by atoms with E-state index in [9.17, 15) is 0 Å². The largest absolute Gasteiger partial charge is 0.486 e. The maximum atomic E-state index is 5.97. The van der Waals surface area contributed by atoms with Gasteiger partial charge in [0.15, 0.2) is 5.01 Å². The van der Waals surface area contributed by atoms with E-state index in [0.29, 0.717) is 6.61 Å². The number of aryl methyl sites for hydroxylation is 1. The summed E-state index contributed by atoms with van der Waals surface area (Å²) in [5, 5.41) is 13.8. The van der Waals surface area contributed by atoms with Gasteiger partial charge in [-0.05, 0) is 37.1 Å². The van der Waals surface area contributed by atoms with Crippen LogP contribution in [0, 0.1) is 6.92 Å². The monoisotopic (exact) mass is 297 g/mol. The Balaban J connectivity index is 1.91. The first-order valence-electron chi connectivity index (χ1n) is 6.14. The lowest BCUT2D eigenvalue weighted by molar-refractivity contribution is 0.304. The van der Waals surface area contributed by atoms with E-state index in [1.54, 1.807) is 0 Å². The Morgan fingerprint density at radius 3 is 2.95 bits per heavy atom. The molecule has 1 heterocycles. The summed E-state index contributed by atoms with van der Waals surface area (Å²) < 4.78 is 5.67. The third-order valence-corrected chi connectivity index (χ3v) is 3.76. The van der Waals surface area contributed by atoms with Crippen LogP contribution in [0.2, 0.25) is 5.02 Å². The van der Waals surface area contributed by atoms with Crippen LogP contribution in [0.15, 0.2) is 18.2 Å². The minimum Gasteiger partial charge on any atom is -0.486 e. The molecule has 1 aromatic carbocycles. The minimum absolute atomic E-state index is 0.423. The zero-order chi connectivity index (χ0) is 13.7. The zero-order valence-corrected chi connectivity index (χ0v) is 12.5. The molecule has 0 fully saturated rings. The third-order valence-electron chi connectivity index (χ3n) is 2.48. The lowest BCUT2D eigenvalue weighted by atomic mass is 10.2. The Bertz CT molecular complexity index is 544. The first-order valence-corrected chi connectivity index (χ1v) is 7.33. The van der Waals surface area contributed by atoms with Gasteiger partial charge in [-0.1, -0.05) is 29.9 Å². The molecule has 0 unspecified atom stereocenters. The second kappa shape index (κ2) is 6.73. The topological polar surface area (TPSA) is 47.0 Å². The van der Waals surface area contributed by atoms with Crippen molar-refractivity contribution in [2.75, 3.05) is 11.9 Å². The molecule has 1 N–H and O–H groups in total. The zero-order valence-electron chi connectivity index (χ0n) is 10.9. The summed E-state index contributed by atoms with van der Waals surface area (Å²) >= 11 is 7.48. The average Bonchev–Trinajstić information content (AvgIpc) is 2.86. The van der Waals surface area contributed by atoms with Crippen molar-refractivity contribution >= 4 is 28.1 Å². The summed E-state index contributed by atoms with van der Waals surface area (Å²) in [6.07, 6.45) is 1.06. The van der Waals surface area contributed by atoms with Gasteiger partial charge in [-0.25, -0.2) is 0 Å². The molecule has 0 aliphatic carbocycles. The third kappa shape index (κ3) is 4.08. The molecule has 0 spiro atoms. The second-order valence-corrected chi connectivity index (χ2v) is 5.60. The van der Waals surface area contributed by atoms with E-state index in [2.05, 4.69) is 22.4 Å². The van der Waals surface area contributed by atoms with Gasteiger partial charge in [0.1, 0.15) is 12.4 Å². The van der Waals surface area contributed by atoms with Crippen molar-refractivity contribution in [3.8, 4) is 5.75 Å². The minimum atomic E-state index is 0.423. The summed E-state index contributed by atoms with van der Waals surface area (Å²) in [5.41, 5.74) is 1.00. The Kier molecular flexibility index (Phi) is 4.99. The molecular weight excluding hydrogens is 282 g/mol. The Morgan fingerprint density at radius 2 is 2.21 bits per heavy atom. The number of hydrogen-bond acceptors (Lipinski definition) is 5. The molecule has 6 heteroatoms. The molecule has 0 atom stereocenters. The van der Waals surface area contributed by atoms with Gasteiger partial charge in [0, 0.05) is 11.6 Å². The fraction of sp³-hybridized carbons (Fsp3) is 0.385. The molecular formula is C13H16ClN3OS. The molecule has 0 amide bonds. The summed E-state index contributed by atoms with van der Waals surface area (Å²) in [6.45, 7) is 5.40. The van der Waals surface area contributed by atoms with Crippen molar-refractivity contribution in [2.24, 2.45) is 0 Å². The average molecular weight is 298 g/mol. The van der Waals surface area contributed by atoms with E-state index in [1.807, 2.05) is 25.1 Å². The molecule has 19 heavy (non-hydrogen) atoms. The van der Waals surface area contributed by atoms with Gasteiger partial charge < -0.3 is 10.1 Å². The van der Waals surface area contributed by atoms with Gasteiger partial charge >= 0.3 is 0 Å². The number of nitrogens with one attached hydrogen (secondary N) is 1. The molecule has 2 aromatic rings. The number of benzene rings is 1. The maximum absolute atomic E-state index is 5.97. The predicted molar refractivity (Wildman–Crippen MR) is 79.2 cm³/mol. The molecule has 0 aliphatic rings. The normalized spacial score (nSPS) is 10.5. The van der Waals surface area contributed by atoms with Crippen molar-refractivity contribution in [3.05, 3.63) is 33.8 Å². The van der Waals surface area contributed by atoms with Crippen molar-refractivity contribution in [2.45, 2.75) is 26.9 Å². The highest BCUT2D eigenvalue weighted by Crippen LogP contribution is 2.23. The van der Waals surface area contributed by atoms with Gasteiger partial charge in [0.25, 0.3) is 0 Å². The van der Waals surface area contributed by atoms with Gasteiger partial charge in [-0.2, -0.15) is 0 Å². The van der Waals surface area contributed by atoms with E-state index >= 15 is 0 Å². The molecule has 4 nitrogen and oxygen atoms in total.